The van der Waals surface area contributed by atoms with E-state index in [9.17, 15) is 5.11 Å². The van der Waals surface area contributed by atoms with Crippen LogP contribution in [0, 0.1) is 0 Å². The zero-order chi connectivity index (χ0) is 12.8. The maximum atomic E-state index is 10.1. The lowest BCUT2D eigenvalue weighted by molar-refractivity contribution is 0.330. The van der Waals surface area contributed by atoms with Crippen molar-refractivity contribution < 1.29 is 5.11 Å². The van der Waals surface area contributed by atoms with Crippen LogP contribution in [-0.4, -0.2) is 21.1 Å². The van der Waals surface area contributed by atoms with Crippen LogP contribution in [0.1, 0.15) is 30.8 Å². The summed E-state index contributed by atoms with van der Waals surface area (Å²) in [6, 6.07) is 7.77. The first kappa shape index (κ1) is 11.3. The van der Waals surface area contributed by atoms with Crippen molar-refractivity contribution in [3.8, 4) is 5.75 Å². The molecule has 4 nitrogen and oxygen atoms in total. The lowest BCUT2D eigenvalue weighted by Crippen LogP contribution is -2.50. The van der Waals surface area contributed by atoms with Crippen LogP contribution in [0.4, 0.5) is 0 Å². The van der Waals surface area contributed by atoms with Crippen molar-refractivity contribution >= 4 is 0 Å². The summed E-state index contributed by atoms with van der Waals surface area (Å²) in [6.07, 6.45) is 2.65. The minimum atomic E-state index is -0.446. The maximum Gasteiger partial charge on any atom is 0.121 e. The summed E-state index contributed by atoms with van der Waals surface area (Å²) in [5.74, 6) is 0.301. The van der Waals surface area contributed by atoms with Gasteiger partial charge in [0.1, 0.15) is 5.75 Å². The minimum Gasteiger partial charge on any atom is -0.508 e. The van der Waals surface area contributed by atoms with Gasteiger partial charge in [0.05, 0.1) is 17.6 Å². The second-order valence-corrected chi connectivity index (χ2v) is 5.12. The van der Waals surface area contributed by atoms with Crippen LogP contribution in [0.5, 0.6) is 5.75 Å². The van der Waals surface area contributed by atoms with Gasteiger partial charge in [-0.3, -0.25) is 5.32 Å². The number of rotatable bonds is 1. The van der Waals surface area contributed by atoms with Gasteiger partial charge in [-0.25, -0.2) is 4.98 Å². The van der Waals surface area contributed by atoms with Crippen molar-refractivity contribution in [3.05, 3.63) is 47.5 Å². The highest BCUT2D eigenvalue weighted by Crippen LogP contribution is 2.38. The summed E-state index contributed by atoms with van der Waals surface area (Å²) in [5, 5.41) is 13.6. The zero-order valence-electron chi connectivity index (χ0n) is 10.6. The van der Waals surface area contributed by atoms with Gasteiger partial charge >= 0.3 is 0 Å². The number of aromatic amines is 1. The third kappa shape index (κ3) is 1.53. The van der Waals surface area contributed by atoms with Gasteiger partial charge in [0, 0.05) is 23.7 Å². The summed E-state index contributed by atoms with van der Waals surface area (Å²) in [4.78, 5) is 7.63. The first-order valence-corrected chi connectivity index (χ1v) is 6.20. The van der Waals surface area contributed by atoms with E-state index in [4.69, 9.17) is 0 Å². The summed E-state index contributed by atoms with van der Waals surface area (Å²) in [6.45, 7) is 4.21. The van der Waals surface area contributed by atoms with E-state index in [1.54, 1.807) is 12.4 Å². The molecule has 4 heteroatoms. The van der Waals surface area contributed by atoms with E-state index in [1.807, 2.05) is 18.2 Å². The number of aromatic hydroxyl groups is 1. The molecule has 0 unspecified atom stereocenters. The van der Waals surface area contributed by atoms with Gasteiger partial charge in [-0.2, -0.15) is 0 Å². The van der Waals surface area contributed by atoms with Crippen LogP contribution in [-0.2, 0) is 12.0 Å². The standard InChI is InChI=1S/C14H17N3O/c1-9-7-11-13(16-8-15-11)14(2,17-9)10-5-3-4-6-12(10)18/h3-6,8-9,17-18H,7H2,1-2H3,(H,15,16)/t9-,14-/m1/s1. The molecule has 3 rings (SSSR count). The molecule has 1 aromatic carbocycles. The fourth-order valence-electron chi connectivity index (χ4n) is 2.93. The molecule has 1 aliphatic rings. The van der Waals surface area contributed by atoms with Crippen molar-refractivity contribution in [2.45, 2.75) is 31.8 Å². The summed E-state index contributed by atoms with van der Waals surface area (Å²) < 4.78 is 0. The van der Waals surface area contributed by atoms with Crippen LogP contribution in [0.2, 0.25) is 0 Å². The van der Waals surface area contributed by atoms with Gasteiger partial charge in [-0.05, 0) is 19.9 Å². The Balaban J connectivity index is 2.19. The number of para-hydroxylation sites is 1. The number of nitrogens with zero attached hydrogens (tertiary/aromatic N) is 1. The van der Waals surface area contributed by atoms with E-state index < -0.39 is 5.54 Å². The predicted octanol–water partition coefficient (Wildman–Crippen LogP) is 1.91. The molecular weight excluding hydrogens is 226 g/mol. The Hall–Kier alpha value is -1.81. The van der Waals surface area contributed by atoms with Crippen LogP contribution in [0.25, 0.3) is 0 Å². The Morgan fingerprint density at radius 1 is 1.39 bits per heavy atom. The summed E-state index contributed by atoms with van der Waals surface area (Å²) in [5.41, 5.74) is 2.54. The first-order valence-electron chi connectivity index (χ1n) is 6.20. The molecule has 2 heterocycles. The highest BCUT2D eigenvalue weighted by atomic mass is 16.3. The number of imidazole rings is 1. The van der Waals surface area contributed by atoms with Crippen LogP contribution in [0.3, 0.4) is 0 Å². The van der Waals surface area contributed by atoms with Crippen LogP contribution < -0.4 is 5.32 Å². The molecule has 0 saturated carbocycles. The Bertz CT molecular complexity index is 578. The third-order valence-electron chi connectivity index (χ3n) is 3.68. The number of hydrogen-bond donors (Lipinski definition) is 3. The third-order valence-corrected chi connectivity index (χ3v) is 3.68. The first-order chi connectivity index (χ1) is 8.61. The molecule has 3 N–H and O–H groups in total. The topological polar surface area (TPSA) is 60.9 Å². The normalized spacial score (nSPS) is 26.9. The van der Waals surface area contributed by atoms with Gasteiger partial charge in [-0.1, -0.05) is 18.2 Å². The van der Waals surface area contributed by atoms with Crippen LogP contribution >= 0.6 is 0 Å². The molecule has 0 saturated heterocycles. The molecule has 94 valence electrons. The summed E-state index contributed by atoms with van der Waals surface area (Å²) >= 11 is 0. The lowest BCUT2D eigenvalue weighted by atomic mass is 9.82. The van der Waals surface area contributed by atoms with Crippen LogP contribution in [0.15, 0.2) is 30.6 Å². The lowest BCUT2D eigenvalue weighted by Gasteiger charge is -2.38. The average molecular weight is 243 g/mol. The number of phenolic OH excluding ortho intramolecular Hbond substituents is 1. The smallest absolute Gasteiger partial charge is 0.121 e. The second-order valence-electron chi connectivity index (χ2n) is 5.12. The van der Waals surface area contributed by atoms with Gasteiger partial charge in [-0.15, -0.1) is 0 Å². The Morgan fingerprint density at radius 3 is 2.94 bits per heavy atom. The largest absolute Gasteiger partial charge is 0.508 e. The van der Waals surface area contributed by atoms with E-state index in [0.29, 0.717) is 11.8 Å². The molecule has 0 spiro atoms. The van der Waals surface area contributed by atoms with Gasteiger partial charge in [0.2, 0.25) is 0 Å². The maximum absolute atomic E-state index is 10.1. The van der Waals surface area contributed by atoms with E-state index in [2.05, 4.69) is 29.1 Å². The average Bonchev–Trinajstić information content (AvgIpc) is 2.78. The number of benzene rings is 1. The molecule has 2 aromatic rings. The van der Waals surface area contributed by atoms with E-state index in [1.165, 1.54) is 0 Å². The minimum absolute atomic E-state index is 0.301. The zero-order valence-corrected chi connectivity index (χ0v) is 10.6. The Kier molecular flexibility index (Phi) is 2.41. The van der Waals surface area contributed by atoms with E-state index in [-0.39, 0.29) is 0 Å². The highest BCUT2D eigenvalue weighted by Gasteiger charge is 2.39. The molecule has 0 aliphatic carbocycles. The quantitative estimate of drug-likeness (QED) is 0.717. The number of hydrogen-bond acceptors (Lipinski definition) is 3. The Labute approximate surface area is 106 Å². The number of nitrogens with one attached hydrogen (secondary N) is 2. The summed E-state index contributed by atoms with van der Waals surface area (Å²) in [7, 11) is 0. The highest BCUT2D eigenvalue weighted by molar-refractivity contribution is 5.45. The van der Waals surface area contributed by atoms with Gasteiger partial charge in [0.15, 0.2) is 0 Å². The SMILES string of the molecule is C[C@@H]1Cc2[nH]cnc2[C@@](C)(c2ccccc2O)N1. The fraction of sp³-hybridized carbons (Fsp3) is 0.357. The second kappa shape index (κ2) is 3.85. The monoisotopic (exact) mass is 243 g/mol. The van der Waals surface area contributed by atoms with Gasteiger partial charge in [0.25, 0.3) is 0 Å². The van der Waals surface area contributed by atoms with E-state index >= 15 is 0 Å². The van der Waals surface area contributed by atoms with Crippen molar-refractivity contribution in [1.82, 2.24) is 15.3 Å². The van der Waals surface area contributed by atoms with Crippen molar-refractivity contribution in [1.29, 1.82) is 0 Å². The fourth-order valence-corrected chi connectivity index (χ4v) is 2.93. The number of H-pyrrole nitrogens is 1. The molecule has 1 aliphatic heterocycles. The molecule has 0 radical (unpaired) electrons. The number of phenols is 1. The number of fused-ring (bicyclic) bond motifs is 1. The van der Waals surface area contributed by atoms with Crippen molar-refractivity contribution in [2.24, 2.45) is 0 Å². The van der Waals surface area contributed by atoms with Crippen molar-refractivity contribution in [3.63, 3.8) is 0 Å². The van der Waals surface area contributed by atoms with Gasteiger partial charge < -0.3 is 10.1 Å². The van der Waals surface area contributed by atoms with Crippen molar-refractivity contribution in [2.75, 3.05) is 0 Å². The molecule has 18 heavy (non-hydrogen) atoms. The molecular formula is C14H17N3O. The van der Waals surface area contributed by atoms with E-state index in [0.717, 1.165) is 23.4 Å². The molecule has 1 aromatic heterocycles. The molecule has 2 atom stereocenters. The molecule has 0 fully saturated rings. The predicted molar refractivity (Wildman–Crippen MR) is 69.5 cm³/mol. The number of aromatic nitrogens is 2. The Morgan fingerprint density at radius 2 is 2.17 bits per heavy atom. The molecule has 0 bridgehead atoms. The molecule has 0 amide bonds.